The van der Waals surface area contributed by atoms with Crippen LogP contribution in [0, 0.1) is 6.92 Å². The molecule has 0 unspecified atom stereocenters. The summed E-state index contributed by atoms with van der Waals surface area (Å²) < 4.78 is 7.48. The highest BCUT2D eigenvalue weighted by molar-refractivity contribution is 6.11. The Hall–Kier alpha value is -3.09. The van der Waals surface area contributed by atoms with Crippen molar-refractivity contribution >= 4 is 33.3 Å². The van der Waals surface area contributed by atoms with E-state index in [1.165, 1.54) is 0 Å². The number of pyridine rings is 1. The molecule has 7 heteroatoms. The zero-order valence-electron chi connectivity index (χ0n) is 14.7. The van der Waals surface area contributed by atoms with Crippen LogP contribution in [0.5, 0.6) is 5.75 Å². The van der Waals surface area contributed by atoms with Crippen molar-refractivity contribution < 1.29 is 4.74 Å². The van der Waals surface area contributed by atoms with E-state index < -0.39 is 0 Å². The summed E-state index contributed by atoms with van der Waals surface area (Å²) in [6.07, 6.45) is 3.63. The van der Waals surface area contributed by atoms with Gasteiger partial charge in [0.1, 0.15) is 11.3 Å². The normalized spacial score (nSPS) is 11.6. The molecule has 0 aliphatic carbocycles. The van der Waals surface area contributed by atoms with Gasteiger partial charge in [0.25, 0.3) is 0 Å². The molecule has 25 heavy (non-hydrogen) atoms. The summed E-state index contributed by atoms with van der Waals surface area (Å²) in [6.45, 7) is 6.26. The molecule has 3 aromatic heterocycles. The molecule has 1 aromatic carbocycles. The van der Waals surface area contributed by atoms with Gasteiger partial charge in [0.05, 0.1) is 41.8 Å². The fourth-order valence-corrected chi connectivity index (χ4v) is 3.17. The van der Waals surface area contributed by atoms with E-state index in [2.05, 4.69) is 34.5 Å². The van der Waals surface area contributed by atoms with Gasteiger partial charge in [-0.05, 0) is 32.9 Å². The lowest BCUT2D eigenvalue weighted by Crippen LogP contribution is -2.05. The molecule has 0 fully saturated rings. The first-order valence-electron chi connectivity index (χ1n) is 8.21. The zero-order valence-corrected chi connectivity index (χ0v) is 14.7. The lowest BCUT2D eigenvalue weighted by molar-refractivity contribution is 0.420. The molecule has 0 radical (unpaired) electrons. The number of nitrogens with zero attached hydrogens (tertiary/aromatic N) is 4. The lowest BCUT2D eigenvalue weighted by Gasteiger charge is -2.12. The number of nitrogens with one attached hydrogen (secondary N) is 2. The van der Waals surface area contributed by atoms with E-state index in [4.69, 9.17) is 9.72 Å². The third kappa shape index (κ3) is 2.39. The average molecular weight is 336 g/mol. The fraction of sp³-hybridized carbons (Fsp3) is 0.278. The number of hydrogen-bond donors (Lipinski definition) is 2. The number of fused-ring (bicyclic) bond motifs is 3. The first-order chi connectivity index (χ1) is 12.1. The quantitative estimate of drug-likeness (QED) is 0.590. The van der Waals surface area contributed by atoms with Crippen molar-refractivity contribution in [3.8, 4) is 5.75 Å². The van der Waals surface area contributed by atoms with E-state index in [9.17, 15) is 0 Å². The minimum atomic E-state index is 0.302. The van der Waals surface area contributed by atoms with Crippen LogP contribution in [0.3, 0.4) is 0 Å². The van der Waals surface area contributed by atoms with E-state index in [0.29, 0.717) is 6.04 Å². The molecule has 3 heterocycles. The van der Waals surface area contributed by atoms with E-state index in [-0.39, 0.29) is 0 Å². The van der Waals surface area contributed by atoms with E-state index in [1.54, 1.807) is 13.3 Å². The molecule has 4 rings (SSSR count). The highest BCUT2D eigenvalue weighted by atomic mass is 16.5. The fourth-order valence-electron chi connectivity index (χ4n) is 3.17. The molecule has 0 atom stereocenters. The number of ether oxygens (including phenoxy) is 1. The van der Waals surface area contributed by atoms with E-state index in [0.717, 1.165) is 44.8 Å². The minimum Gasteiger partial charge on any atom is -0.496 e. The zero-order chi connectivity index (χ0) is 17.6. The molecule has 0 amide bonds. The highest BCUT2D eigenvalue weighted by Gasteiger charge is 2.16. The van der Waals surface area contributed by atoms with Crippen LogP contribution in [0.4, 0.5) is 11.5 Å². The molecule has 0 saturated heterocycles. The third-order valence-corrected chi connectivity index (χ3v) is 4.39. The van der Waals surface area contributed by atoms with Gasteiger partial charge < -0.3 is 10.1 Å². The largest absolute Gasteiger partial charge is 0.496 e. The molecule has 7 nitrogen and oxygen atoms in total. The van der Waals surface area contributed by atoms with Gasteiger partial charge in [-0.25, -0.2) is 4.98 Å². The van der Waals surface area contributed by atoms with Gasteiger partial charge in [0, 0.05) is 11.4 Å². The third-order valence-electron chi connectivity index (χ3n) is 4.39. The van der Waals surface area contributed by atoms with Crippen molar-refractivity contribution in [1.29, 1.82) is 0 Å². The van der Waals surface area contributed by atoms with Crippen LogP contribution in [0.2, 0.25) is 0 Å². The Morgan fingerprint density at radius 1 is 1.24 bits per heavy atom. The van der Waals surface area contributed by atoms with Gasteiger partial charge in [0.2, 0.25) is 0 Å². The summed E-state index contributed by atoms with van der Waals surface area (Å²) >= 11 is 0. The monoisotopic (exact) mass is 336 g/mol. The minimum absolute atomic E-state index is 0.302. The van der Waals surface area contributed by atoms with Gasteiger partial charge in [-0.1, -0.05) is 6.07 Å². The second kappa shape index (κ2) is 5.77. The summed E-state index contributed by atoms with van der Waals surface area (Å²) in [7, 11) is 1.66. The number of H-pyrrole nitrogens is 1. The smallest absolute Gasteiger partial charge is 0.157 e. The summed E-state index contributed by atoms with van der Waals surface area (Å²) in [5, 5.41) is 17.0. The van der Waals surface area contributed by atoms with Gasteiger partial charge in [-0.3, -0.25) is 9.78 Å². The van der Waals surface area contributed by atoms with Crippen molar-refractivity contribution in [2.45, 2.75) is 26.8 Å². The molecule has 0 aliphatic heterocycles. The first kappa shape index (κ1) is 15.4. The van der Waals surface area contributed by atoms with Gasteiger partial charge in [0.15, 0.2) is 5.82 Å². The van der Waals surface area contributed by atoms with Crippen LogP contribution >= 0.6 is 0 Å². The number of rotatable bonds is 4. The molecule has 4 aromatic rings. The summed E-state index contributed by atoms with van der Waals surface area (Å²) in [6, 6.07) is 6.14. The van der Waals surface area contributed by atoms with Crippen molar-refractivity contribution in [2.24, 2.45) is 0 Å². The number of anilines is 2. The lowest BCUT2D eigenvalue weighted by atomic mass is 10.1. The number of aromatic nitrogens is 5. The molecule has 0 spiro atoms. The summed E-state index contributed by atoms with van der Waals surface area (Å²) in [5.41, 5.74) is 3.69. The number of aromatic amines is 1. The predicted molar refractivity (Wildman–Crippen MR) is 98.6 cm³/mol. The van der Waals surface area contributed by atoms with Gasteiger partial charge in [-0.15, -0.1) is 0 Å². The standard InChI is InChI=1S/C18H20N6O/c1-10(2)24-11(3)14(9-20-24)22-18-17-12(8-19-23-17)16-13(21-18)6-5-7-15(16)25-4/h5-10H,1-4H3,(H,19,23)(H,21,22). The Labute approximate surface area is 145 Å². The Morgan fingerprint density at radius 3 is 2.80 bits per heavy atom. The molecular formula is C18H20N6O. The number of methoxy groups -OCH3 is 1. The van der Waals surface area contributed by atoms with Crippen LogP contribution in [0.25, 0.3) is 21.8 Å². The van der Waals surface area contributed by atoms with E-state index >= 15 is 0 Å². The average Bonchev–Trinajstić information content (AvgIpc) is 3.22. The SMILES string of the molecule is COc1cccc2nc(Nc3cnn(C(C)C)c3C)c3[nH]ncc3c12. The van der Waals surface area contributed by atoms with Gasteiger partial charge >= 0.3 is 0 Å². The van der Waals surface area contributed by atoms with Crippen LogP contribution in [0.1, 0.15) is 25.6 Å². The van der Waals surface area contributed by atoms with Crippen molar-refractivity contribution in [3.63, 3.8) is 0 Å². The second-order valence-corrected chi connectivity index (χ2v) is 6.28. The molecular weight excluding hydrogens is 316 g/mol. The molecule has 128 valence electrons. The molecule has 0 bridgehead atoms. The summed E-state index contributed by atoms with van der Waals surface area (Å²) in [5.74, 6) is 1.51. The van der Waals surface area contributed by atoms with Crippen molar-refractivity contribution in [2.75, 3.05) is 12.4 Å². The topological polar surface area (TPSA) is 80.6 Å². The predicted octanol–water partition coefficient (Wildman–Crippen LogP) is 3.95. The van der Waals surface area contributed by atoms with E-state index in [1.807, 2.05) is 36.0 Å². The Bertz CT molecular complexity index is 1060. The number of benzene rings is 1. The van der Waals surface area contributed by atoms with Crippen LogP contribution in [0.15, 0.2) is 30.6 Å². The second-order valence-electron chi connectivity index (χ2n) is 6.28. The Kier molecular flexibility index (Phi) is 3.56. The molecule has 0 saturated carbocycles. The summed E-state index contributed by atoms with van der Waals surface area (Å²) in [4.78, 5) is 4.78. The van der Waals surface area contributed by atoms with Crippen molar-refractivity contribution in [1.82, 2.24) is 25.0 Å². The molecule has 2 N–H and O–H groups in total. The van der Waals surface area contributed by atoms with Crippen molar-refractivity contribution in [3.05, 3.63) is 36.3 Å². The van der Waals surface area contributed by atoms with Gasteiger partial charge in [-0.2, -0.15) is 10.2 Å². The maximum absolute atomic E-state index is 5.50. The van der Waals surface area contributed by atoms with Crippen LogP contribution in [-0.2, 0) is 0 Å². The molecule has 0 aliphatic rings. The maximum Gasteiger partial charge on any atom is 0.157 e. The number of hydrogen-bond acceptors (Lipinski definition) is 5. The van der Waals surface area contributed by atoms with Crippen LogP contribution < -0.4 is 10.1 Å². The van der Waals surface area contributed by atoms with Crippen LogP contribution in [-0.4, -0.2) is 32.1 Å². The highest BCUT2D eigenvalue weighted by Crippen LogP contribution is 2.35. The Balaban J connectivity index is 1.89. The Morgan fingerprint density at radius 2 is 2.08 bits per heavy atom. The first-order valence-corrected chi connectivity index (χ1v) is 8.21. The maximum atomic E-state index is 5.50.